The number of nitrogens with one attached hydrogen (secondary N) is 1. The SMILES string of the molecule is N=Nc1ccc(SCCC(F)(F)C(F)(F)C(F)(F)C(F)(F)C(F)(F)C(F)(F)F)cc1. The van der Waals surface area contributed by atoms with Crippen LogP contribution in [0.5, 0.6) is 0 Å². The van der Waals surface area contributed by atoms with Crippen molar-refractivity contribution in [1.29, 1.82) is 5.53 Å². The summed E-state index contributed by atoms with van der Waals surface area (Å²) in [4.78, 5) is 0.0715. The van der Waals surface area contributed by atoms with E-state index in [0.29, 0.717) is 11.8 Å². The van der Waals surface area contributed by atoms with Gasteiger partial charge in [0.15, 0.2) is 0 Å². The summed E-state index contributed by atoms with van der Waals surface area (Å²) in [6, 6.07) is 4.66. The van der Waals surface area contributed by atoms with Gasteiger partial charge >= 0.3 is 35.8 Å². The summed E-state index contributed by atoms with van der Waals surface area (Å²) in [6.07, 6.45) is -9.68. The summed E-state index contributed by atoms with van der Waals surface area (Å²) in [7, 11) is 0. The molecule has 1 rings (SSSR count). The van der Waals surface area contributed by atoms with Gasteiger partial charge in [0.05, 0.1) is 5.69 Å². The third-order valence-corrected chi connectivity index (χ3v) is 4.66. The maximum Gasteiger partial charge on any atom is 0.460 e. The van der Waals surface area contributed by atoms with Gasteiger partial charge in [0, 0.05) is 17.1 Å². The molecule has 0 heterocycles. The van der Waals surface area contributed by atoms with Crippen molar-refractivity contribution in [2.75, 3.05) is 5.75 Å². The van der Waals surface area contributed by atoms with Gasteiger partial charge in [0.25, 0.3) is 0 Å². The second kappa shape index (κ2) is 8.07. The molecule has 0 aliphatic rings. The van der Waals surface area contributed by atoms with Crippen LogP contribution in [0.4, 0.5) is 62.8 Å². The predicted molar refractivity (Wildman–Crippen MR) is 77.4 cm³/mol. The fraction of sp³-hybridized carbons (Fsp3) is 0.571. The van der Waals surface area contributed by atoms with Gasteiger partial charge in [-0.3, -0.25) is 0 Å². The normalized spacial score (nSPS) is 14.7. The molecule has 0 radical (unpaired) electrons. The van der Waals surface area contributed by atoms with Gasteiger partial charge < -0.3 is 0 Å². The molecule has 1 aromatic rings. The molecule has 16 heteroatoms. The number of benzene rings is 1. The molecule has 0 aliphatic heterocycles. The Morgan fingerprint density at radius 2 is 1.10 bits per heavy atom. The fourth-order valence-corrected chi connectivity index (χ4v) is 2.80. The molecular weight excluding hydrogens is 475 g/mol. The second-order valence-corrected chi connectivity index (χ2v) is 6.87. The maximum atomic E-state index is 13.6. The predicted octanol–water partition coefficient (Wildman–Crippen LogP) is 7.57. The molecule has 0 aromatic heterocycles. The lowest BCUT2D eigenvalue weighted by molar-refractivity contribution is -0.439. The van der Waals surface area contributed by atoms with Gasteiger partial charge in [-0.1, -0.05) is 0 Å². The third kappa shape index (κ3) is 4.32. The number of hydrogen-bond donors (Lipinski definition) is 1. The van der Waals surface area contributed by atoms with Crippen molar-refractivity contribution in [1.82, 2.24) is 0 Å². The molecule has 0 saturated heterocycles. The molecule has 0 bridgehead atoms. The van der Waals surface area contributed by atoms with Gasteiger partial charge in [-0.2, -0.15) is 62.2 Å². The zero-order valence-electron chi connectivity index (χ0n) is 14.0. The van der Waals surface area contributed by atoms with Crippen LogP contribution in [0.1, 0.15) is 6.42 Å². The molecule has 0 aliphatic carbocycles. The molecule has 0 atom stereocenters. The maximum absolute atomic E-state index is 13.6. The zero-order valence-corrected chi connectivity index (χ0v) is 14.8. The van der Waals surface area contributed by atoms with Crippen molar-refractivity contribution in [3.8, 4) is 0 Å². The lowest BCUT2D eigenvalue weighted by atomic mass is 9.93. The quantitative estimate of drug-likeness (QED) is 0.219. The van der Waals surface area contributed by atoms with Gasteiger partial charge in [-0.15, -0.1) is 11.8 Å². The van der Waals surface area contributed by atoms with E-state index in [0.717, 1.165) is 12.1 Å². The molecule has 0 fully saturated rings. The summed E-state index contributed by atoms with van der Waals surface area (Å²) in [5.74, 6) is -37.8. The van der Waals surface area contributed by atoms with Crippen molar-refractivity contribution in [2.45, 2.75) is 47.1 Å². The van der Waals surface area contributed by atoms with Crippen LogP contribution in [-0.2, 0) is 0 Å². The topological polar surface area (TPSA) is 36.2 Å². The number of nitrogens with zero attached hydrogens (tertiary/aromatic N) is 1. The number of thioether (sulfide) groups is 1. The molecule has 1 aromatic carbocycles. The highest BCUT2D eigenvalue weighted by Gasteiger charge is 2.90. The van der Waals surface area contributed by atoms with Crippen molar-refractivity contribution in [3.05, 3.63) is 24.3 Å². The highest BCUT2D eigenvalue weighted by Crippen LogP contribution is 2.60. The summed E-state index contributed by atoms with van der Waals surface area (Å²) in [5, 5.41) is 2.98. The van der Waals surface area contributed by atoms with E-state index < -0.39 is 48.0 Å². The lowest BCUT2D eigenvalue weighted by Gasteiger charge is -2.39. The highest BCUT2D eigenvalue weighted by molar-refractivity contribution is 7.99. The molecule has 0 spiro atoms. The van der Waals surface area contributed by atoms with Crippen LogP contribution in [0.2, 0.25) is 0 Å². The first-order valence-corrected chi connectivity index (χ1v) is 8.31. The van der Waals surface area contributed by atoms with Crippen molar-refractivity contribution in [3.63, 3.8) is 0 Å². The monoisotopic (exact) mass is 484 g/mol. The van der Waals surface area contributed by atoms with E-state index in [2.05, 4.69) is 5.11 Å². The minimum atomic E-state index is -7.88. The fourth-order valence-electron chi connectivity index (χ4n) is 1.87. The Hall–Kier alpha value is -1.74. The zero-order chi connectivity index (χ0) is 23.8. The first kappa shape index (κ1) is 26.3. The first-order valence-electron chi connectivity index (χ1n) is 7.32. The van der Waals surface area contributed by atoms with Gasteiger partial charge in [-0.25, -0.2) is 5.53 Å². The van der Waals surface area contributed by atoms with Gasteiger partial charge in [0.1, 0.15) is 0 Å². The third-order valence-electron chi connectivity index (χ3n) is 3.65. The second-order valence-electron chi connectivity index (χ2n) is 5.70. The molecule has 30 heavy (non-hydrogen) atoms. The van der Waals surface area contributed by atoms with E-state index in [9.17, 15) is 57.1 Å². The number of rotatable bonds is 9. The largest absolute Gasteiger partial charge is 0.460 e. The number of hydrogen-bond acceptors (Lipinski definition) is 3. The van der Waals surface area contributed by atoms with Gasteiger partial charge in [-0.05, 0) is 24.3 Å². The van der Waals surface area contributed by atoms with E-state index in [-0.39, 0.29) is 10.6 Å². The van der Waals surface area contributed by atoms with Crippen LogP contribution < -0.4 is 0 Å². The summed E-state index contributed by atoms with van der Waals surface area (Å²) in [5.41, 5.74) is 6.77. The Bertz CT molecular complexity index is 743. The lowest BCUT2D eigenvalue weighted by Crippen LogP contribution is -2.70. The molecule has 1 N–H and O–H groups in total. The molecule has 172 valence electrons. The Morgan fingerprint density at radius 1 is 0.667 bits per heavy atom. The summed E-state index contributed by atoms with van der Waals surface area (Å²) in [6.45, 7) is 0. The smallest absolute Gasteiger partial charge is 0.204 e. The molecule has 0 amide bonds. The Labute approximate surface area is 163 Å². The van der Waals surface area contributed by atoms with Crippen molar-refractivity contribution < 1.29 is 57.1 Å². The minimum Gasteiger partial charge on any atom is -0.204 e. The standard InChI is InChI=1S/C14H9F13N2S/c15-9(16,5-6-30-8-3-1-7(29-28)2-4-8)10(17,18)11(19,20)12(21,22)13(23,24)14(25,26)27/h1-4,28H,5-6H2. The van der Waals surface area contributed by atoms with Gasteiger partial charge in [0.2, 0.25) is 0 Å². The number of halogens is 13. The molecular formula is C14H9F13N2S. The average Bonchev–Trinajstić information content (AvgIpc) is 2.60. The van der Waals surface area contributed by atoms with E-state index in [4.69, 9.17) is 5.53 Å². The van der Waals surface area contributed by atoms with Crippen LogP contribution in [0.15, 0.2) is 34.3 Å². The Kier molecular flexibility index (Phi) is 7.07. The van der Waals surface area contributed by atoms with Crippen LogP contribution in [0.25, 0.3) is 0 Å². The van der Waals surface area contributed by atoms with E-state index in [1.54, 1.807) is 0 Å². The average molecular weight is 484 g/mol. The molecule has 0 unspecified atom stereocenters. The number of alkyl halides is 13. The van der Waals surface area contributed by atoms with Crippen molar-refractivity contribution in [2.24, 2.45) is 5.11 Å². The van der Waals surface area contributed by atoms with E-state index >= 15 is 0 Å². The summed E-state index contributed by atoms with van der Waals surface area (Å²) < 4.78 is 168. The first-order chi connectivity index (χ1) is 13.3. The van der Waals surface area contributed by atoms with Crippen LogP contribution in [0.3, 0.4) is 0 Å². The molecule has 2 nitrogen and oxygen atoms in total. The Morgan fingerprint density at radius 3 is 1.50 bits per heavy atom. The van der Waals surface area contributed by atoms with Crippen molar-refractivity contribution >= 4 is 17.4 Å². The summed E-state index contributed by atoms with van der Waals surface area (Å²) >= 11 is 0.334. The van der Waals surface area contributed by atoms with Crippen LogP contribution in [0, 0.1) is 5.53 Å². The van der Waals surface area contributed by atoms with E-state index in [1.165, 1.54) is 12.1 Å². The van der Waals surface area contributed by atoms with Crippen LogP contribution in [-0.4, -0.2) is 41.5 Å². The molecule has 0 saturated carbocycles. The highest BCUT2D eigenvalue weighted by atomic mass is 32.2. The van der Waals surface area contributed by atoms with E-state index in [1.807, 2.05) is 0 Å². The minimum absolute atomic E-state index is 0.0715. The van der Waals surface area contributed by atoms with Crippen LogP contribution >= 0.6 is 11.8 Å². The Balaban J connectivity index is 3.08.